The number of furan rings is 1. The smallest absolute Gasteiger partial charge is 0.289 e. The highest BCUT2D eigenvalue weighted by Gasteiger charge is 2.29. The van der Waals surface area contributed by atoms with Crippen molar-refractivity contribution >= 4 is 11.8 Å². The summed E-state index contributed by atoms with van der Waals surface area (Å²) in [6.45, 7) is 1.52. The van der Waals surface area contributed by atoms with Gasteiger partial charge in [-0.25, -0.2) is 4.39 Å². The van der Waals surface area contributed by atoms with Gasteiger partial charge in [0.15, 0.2) is 5.76 Å². The number of piperidine rings is 1. The molecule has 2 heterocycles. The molecule has 1 unspecified atom stereocenters. The van der Waals surface area contributed by atoms with Crippen molar-refractivity contribution in [3.8, 4) is 0 Å². The van der Waals surface area contributed by atoms with Gasteiger partial charge in [0.25, 0.3) is 5.91 Å². The van der Waals surface area contributed by atoms with Gasteiger partial charge in [-0.05, 0) is 56.8 Å². The summed E-state index contributed by atoms with van der Waals surface area (Å²) in [7, 11) is 3.86. The van der Waals surface area contributed by atoms with Crippen LogP contribution >= 0.6 is 0 Å². The summed E-state index contributed by atoms with van der Waals surface area (Å²) < 4.78 is 18.3. The Bertz CT molecular complexity index is 782. The lowest BCUT2D eigenvalue weighted by Crippen LogP contribution is -2.44. The number of likely N-dealkylation sites (tertiary alicyclic amines) is 1. The van der Waals surface area contributed by atoms with Crippen LogP contribution in [0.4, 0.5) is 4.39 Å². The normalized spacial score (nSPS) is 16.2. The number of nitrogens with one attached hydrogen (secondary N) is 1. The molecule has 1 atom stereocenters. The molecule has 1 saturated heterocycles. The van der Waals surface area contributed by atoms with E-state index in [1.165, 1.54) is 18.4 Å². The Labute approximate surface area is 164 Å². The number of carbonyl (C=O) groups is 2. The summed E-state index contributed by atoms with van der Waals surface area (Å²) in [6, 6.07) is 9.65. The zero-order valence-electron chi connectivity index (χ0n) is 16.2. The minimum atomic E-state index is -0.277. The van der Waals surface area contributed by atoms with E-state index in [-0.39, 0.29) is 29.6 Å². The van der Waals surface area contributed by atoms with E-state index in [0.29, 0.717) is 38.2 Å². The van der Waals surface area contributed by atoms with Crippen LogP contribution in [0.1, 0.15) is 35.0 Å². The molecule has 28 heavy (non-hydrogen) atoms. The number of halogens is 1. The molecule has 1 aromatic carbocycles. The number of nitrogens with zero attached hydrogens (tertiary/aromatic N) is 2. The average molecular weight is 387 g/mol. The highest BCUT2D eigenvalue weighted by atomic mass is 19.1. The van der Waals surface area contributed by atoms with E-state index >= 15 is 0 Å². The summed E-state index contributed by atoms with van der Waals surface area (Å²) in [5, 5.41) is 3.02. The third kappa shape index (κ3) is 4.78. The maximum atomic E-state index is 13.2. The van der Waals surface area contributed by atoms with E-state index in [2.05, 4.69) is 5.32 Å². The average Bonchev–Trinajstić information content (AvgIpc) is 3.23. The Kier molecular flexibility index (Phi) is 6.46. The summed E-state index contributed by atoms with van der Waals surface area (Å²) >= 11 is 0. The maximum absolute atomic E-state index is 13.2. The van der Waals surface area contributed by atoms with Gasteiger partial charge in [0.05, 0.1) is 12.3 Å². The summed E-state index contributed by atoms with van der Waals surface area (Å²) in [4.78, 5) is 28.6. The Morgan fingerprint density at radius 1 is 1.21 bits per heavy atom. The third-order valence-corrected chi connectivity index (χ3v) is 5.23. The van der Waals surface area contributed by atoms with Crippen molar-refractivity contribution in [2.75, 3.05) is 33.7 Å². The van der Waals surface area contributed by atoms with Crippen molar-refractivity contribution in [2.24, 2.45) is 5.92 Å². The molecular formula is C21H26FN3O3. The van der Waals surface area contributed by atoms with E-state index < -0.39 is 0 Å². The topological polar surface area (TPSA) is 65.8 Å². The lowest BCUT2D eigenvalue weighted by atomic mass is 9.95. The molecule has 2 amide bonds. The van der Waals surface area contributed by atoms with E-state index in [9.17, 15) is 14.0 Å². The highest BCUT2D eigenvalue weighted by Crippen LogP contribution is 2.21. The Morgan fingerprint density at radius 3 is 2.46 bits per heavy atom. The van der Waals surface area contributed by atoms with Crippen LogP contribution in [0.3, 0.4) is 0 Å². The first-order chi connectivity index (χ1) is 13.5. The number of rotatable bonds is 6. The van der Waals surface area contributed by atoms with Crippen molar-refractivity contribution < 1.29 is 18.4 Å². The molecule has 1 N–H and O–H groups in total. The van der Waals surface area contributed by atoms with Crippen LogP contribution in [-0.2, 0) is 4.79 Å². The van der Waals surface area contributed by atoms with Gasteiger partial charge in [-0.2, -0.15) is 0 Å². The Hall–Kier alpha value is -2.67. The fourth-order valence-electron chi connectivity index (χ4n) is 3.53. The molecule has 0 saturated carbocycles. The van der Waals surface area contributed by atoms with Crippen molar-refractivity contribution in [1.29, 1.82) is 0 Å². The number of benzene rings is 1. The number of hydrogen-bond acceptors (Lipinski definition) is 4. The number of amides is 2. The molecule has 150 valence electrons. The minimum absolute atomic E-state index is 0.000871. The molecule has 0 aliphatic carbocycles. The zero-order valence-corrected chi connectivity index (χ0v) is 16.2. The van der Waals surface area contributed by atoms with Gasteiger partial charge in [0, 0.05) is 25.6 Å². The van der Waals surface area contributed by atoms with E-state index in [1.807, 2.05) is 19.0 Å². The number of carbonyl (C=O) groups excluding carboxylic acids is 2. The van der Waals surface area contributed by atoms with Crippen molar-refractivity contribution in [1.82, 2.24) is 15.1 Å². The van der Waals surface area contributed by atoms with Crippen LogP contribution in [-0.4, -0.2) is 55.3 Å². The first kappa shape index (κ1) is 20.1. The molecule has 1 aromatic heterocycles. The molecule has 1 fully saturated rings. The largest absolute Gasteiger partial charge is 0.459 e. The first-order valence-electron chi connectivity index (χ1n) is 9.48. The quantitative estimate of drug-likeness (QED) is 0.828. The van der Waals surface area contributed by atoms with Crippen LogP contribution in [0.25, 0.3) is 0 Å². The second-order valence-electron chi connectivity index (χ2n) is 7.32. The van der Waals surface area contributed by atoms with Crippen LogP contribution in [0.5, 0.6) is 0 Å². The van der Waals surface area contributed by atoms with Crippen LogP contribution < -0.4 is 5.32 Å². The highest BCUT2D eigenvalue weighted by molar-refractivity contribution is 5.91. The molecule has 7 heteroatoms. The van der Waals surface area contributed by atoms with Crippen molar-refractivity contribution in [2.45, 2.75) is 18.9 Å². The maximum Gasteiger partial charge on any atom is 0.289 e. The van der Waals surface area contributed by atoms with Crippen LogP contribution in [0, 0.1) is 11.7 Å². The van der Waals surface area contributed by atoms with Gasteiger partial charge >= 0.3 is 0 Å². The van der Waals surface area contributed by atoms with E-state index in [0.717, 1.165) is 5.56 Å². The van der Waals surface area contributed by atoms with Crippen LogP contribution in [0.15, 0.2) is 47.1 Å². The monoisotopic (exact) mass is 387 g/mol. The van der Waals surface area contributed by atoms with Gasteiger partial charge in [-0.15, -0.1) is 0 Å². The van der Waals surface area contributed by atoms with Gasteiger partial charge in [-0.3, -0.25) is 9.59 Å². The molecule has 0 radical (unpaired) electrons. The van der Waals surface area contributed by atoms with Crippen LogP contribution in [0.2, 0.25) is 0 Å². The van der Waals surface area contributed by atoms with Gasteiger partial charge in [0.1, 0.15) is 5.82 Å². The SMILES string of the molecule is CN(C)C(CNC(=O)C1CCN(C(=O)c2ccco2)CC1)c1ccc(F)cc1. The van der Waals surface area contributed by atoms with E-state index in [4.69, 9.17) is 4.42 Å². The molecule has 0 spiro atoms. The number of hydrogen-bond donors (Lipinski definition) is 1. The van der Waals surface area contributed by atoms with Gasteiger partial charge in [0.2, 0.25) is 5.91 Å². The Morgan fingerprint density at radius 2 is 1.89 bits per heavy atom. The molecule has 0 bridgehead atoms. The van der Waals surface area contributed by atoms with Crippen molar-refractivity contribution in [3.63, 3.8) is 0 Å². The standard InChI is InChI=1S/C21H26FN3O3/c1-24(2)18(15-5-7-17(22)8-6-15)14-23-20(26)16-9-11-25(12-10-16)21(27)19-4-3-13-28-19/h3-8,13,16,18H,9-12,14H2,1-2H3,(H,23,26). The summed E-state index contributed by atoms with van der Waals surface area (Å²) in [6.07, 6.45) is 2.73. The summed E-state index contributed by atoms with van der Waals surface area (Å²) in [5.74, 6) is -0.194. The van der Waals surface area contributed by atoms with Crippen molar-refractivity contribution in [3.05, 3.63) is 59.8 Å². The minimum Gasteiger partial charge on any atom is -0.459 e. The predicted octanol–water partition coefficient (Wildman–Crippen LogP) is 2.69. The van der Waals surface area contributed by atoms with E-state index in [1.54, 1.807) is 29.2 Å². The Balaban J connectivity index is 1.51. The second kappa shape index (κ2) is 9.01. The molecule has 2 aromatic rings. The van der Waals surface area contributed by atoms with Gasteiger partial charge in [-0.1, -0.05) is 12.1 Å². The second-order valence-corrected chi connectivity index (χ2v) is 7.32. The lowest BCUT2D eigenvalue weighted by Gasteiger charge is -2.31. The molecular weight excluding hydrogens is 361 g/mol. The predicted molar refractivity (Wildman–Crippen MR) is 103 cm³/mol. The molecule has 1 aliphatic rings. The molecule has 1 aliphatic heterocycles. The fraction of sp³-hybridized carbons (Fsp3) is 0.429. The third-order valence-electron chi connectivity index (χ3n) is 5.23. The number of likely N-dealkylation sites (N-methyl/N-ethyl adjacent to an activating group) is 1. The molecule has 3 rings (SSSR count). The zero-order chi connectivity index (χ0) is 20.1. The fourth-order valence-corrected chi connectivity index (χ4v) is 3.53. The first-order valence-corrected chi connectivity index (χ1v) is 9.48. The summed E-state index contributed by atoms with van der Waals surface area (Å²) in [5.41, 5.74) is 0.950. The lowest BCUT2D eigenvalue weighted by molar-refractivity contribution is -0.126. The molecule has 6 nitrogen and oxygen atoms in total. The van der Waals surface area contributed by atoms with Gasteiger partial charge < -0.3 is 19.5 Å².